The highest BCUT2D eigenvalue weighted by Gasteiger charge is 2.44. The predicted molar refractivity (Wildman–Crippen MR) is 130 cm³/mol. The fraction of sp³-hybridized carbons (Fsp3) is 0.231. The molecule has 42 heavy (non-hydrogen) atoms. The largest absolute Gasteiger partial charge is 1.00 e. The molecule has 4 heterocycles. The zero-order valence-electron chi connectivity index (χ0n) is 21.3. The van der Waals surface area contributed by atoms with Gasteiger partial charge in [0.1, 0.15) is 17.7 Å². The molecule has 2 fully saturated rings. The highest BCUT2D eigenvalue weighted by atomic mass is 35.5. The molecule has 6 amide bonds. The van der Waals surface area contributed by atoms with Crippen LogP contribution in [-0.4, -0.2) is 64.4 Å². The Balaban J connectivity index is 0.000000188. The first kappa shape index (κ1) is 31.6. The number of rotatable bonds is 1. The maximum absolute atomic E-state index is 13.2. The van der Waals surface area contributed by atoms with Gasteiger partial charge < -0.3 is 22.9 Å². The number of hydrogen-bond acceptors (Lipinski definition) is 10. The second kappa shape index (κ2) is 12.7. The van der Waals surface area contributed by atoms with Gasteiger partial charge in [-0.25, -0.2) is 18.4 Å². The molecule has 2 atom stereocenters. The fourth-order valence-corrected chi connectivity index (χ4v) is 4.21. The summed E-state index contributed by atoms with van der Waals surface area (Å²) >= 11 is 0. The normalized spacial score (nSPS) is 20.6. The van der Waals surface area contributed by atoms with Gasteiger partial charge >= 0.3 is 11.9 Å². The van der Waals surface area contributed by atoms with Crippen LogP contribution in [0.5, 0.6) is 0 Å². The van der Waals surface area contributed by atoms with Crippen LogP contribution in [-0.2, 0) is 23.9 Å². The summed E-state index contributed by atoms with van der Waals surface area (Å²) in [6.07, 6.45) is 0.981. The summed E-state index contributed by atoms with van der Waals surface area (Å²) in [5.74, 6) is -5.73. The van der Waals surface area contributed by atoms with E-state index in [9.17, 15) is 47.1 Å². The molecular formula is C26H20ClF2N4O9-. The first-order valence-electron chi connectivity index (χ1n) is 12.0. The number of nitrogens with zero attached hydrogens (tertiary/aromatic N) is 1. The van der Waals surface area contributed by atoms with Gasteiger partial charge in [0, 0.05) is 12.8 Å². The number of esters is 2. The van der Waals surface area contributed by atoms with Crippen LogP contribution in [0.25, 0.3) is 0 Å². The molecule has 0 bridgehead atoms. The molecule has 0 saturated carbocycles. The molecule has 4 aliphatic heterocycles. The summed E-state index contributed by atoms with van der Waals surface area (Å²) in [6.45, 7) is 0. The number of nitrogens with two attached hydrogens (primary N) is 1. The third kappa shape index (κ3) is 6.53. The van der Waals surface area contributed by atoms with Crippen LogP contribution in [0.1, 0.15) is 67.1 Å². The summed E-state index contributed by atoms with van der Waals surface area (Å²) in [6, 6.07) is 5.10. The van der Waals surface area contributed by atoms with E-state index >= 15 is 0 Å². The molecule has 0 spiro atoms. The van der Waals surface area contributed by atoms with E-state index in [0.717, 1.165) is 29.2 Å². The van der Waals surface area contributed by atoms with Crippen LogP contribution in [0.2, 0.25) is 0 Å². The van der Waals surface area contributed by atoms with Crippen LogP contribution < -0.4 is 28.8 Å². The predicted octanol–water partition coefficient (Wildman–Crippen LogP) is -2.88. The molecule has 6 rings (SSSR count). The number of halogens is 3. The van der Waals surface area contributed by atoms with E-state index in [1.54, 1.807) is 0 Å². The number of benzene rings is 2. The number of amides is 6. The van der Waals surface area contributed by atoms with Gasteiger partial charge in [-0.05, 0) is 49.2 Å². The minimum absolute atomic E-state index is 0. The van der Waals surface area contributed by atoms with Gasteiger partial charge in [-0.2, -0.15) is 0 Å². The molecule has 4 aliphatic rings. The smallest absolute Gasteiger partial charge is 0.347 e. The Morgan fingerprint density at radius 1 is 0.690 bits per heavy atom. The fourth-order valence-electron chi connectivity index (χ4n) is 4.21. The van der Waals surface area contributed by atoms with Crippen molar-refractivity contribution in [3.63, 3.8) is 0 Å². The molecule has 0 aromatic heterocycles. The van der Waals surface area contributed by atoms with Crippen LogP contribution in [0, 0.1) is 11.6 Å². The molecule has 16 heteroatoms. The van der Waals surface area contributed by atoms with Crippen molar-refractivity contribution >= 4 is 47.4 Å². The van der Waals surface area contributed by atoms with Gasteiger partial charge in [-0.15, -0.1) is 0 Å². The molecule has 2 aromatic carbocycles. The van der Waals surface area contributed by atoms with Gasteiger partial charge in [0.05, 0.1) is 28.3 Å². The lowest BCUT2D eigenvalue weighted by Crippen LogP contribution is -3.00. The van der Waals surface area contributed by atoms with Crippen molar-refractivity contribution < 1.29 is 64.3 Å². The monoisotopic (exact) mass is 605 g/mol. The van der Waals surface area contributed by atoms with E-state index in [1.807, 2.05) is 0 Å². The van der Waals surface area contributed by atoms with Crippen molar-refractivity contribution in [1.82, 2.24) is 15.5 Å². The van der Waals surface area contributed by atoms with Crippen molar-refractivity contribution in [2.24, 2.45) is 5.73 Å². The summed E-state index contributed by atoms with van der Waals surface area (Å²) < 4.78 is 29.9. The van der Waals surface area contributed by atoms with Crippen molar-refractivity contribution in [3.05, 3.63) is 70.3 Å². The zero-order valence-corrected chi connectivity index (χ0v) is 22.0. The number of carbonyl (C=O) groups is 8. The Labute approximate surface area is 241 Å². The van der Waals surface area contributed by atoms with E-state index in [0.29, 0.717) is 12.8 Å². The maximum Gasteiger partial charge on any atom is 0.347 e. The number of fused-ring (bicyclic) bond motifs is 2. The first-order valence-corrected chi connectivity index (χ1v) is 12.0. The minimum Gasteiger partial charge on any atom is -1.00 e. The lowest BCUT2D eigenvalue weighted by Gasteiger charge is -2.27. The van der Waals surface area contributed by atoms with Crippen molar-refractivity contribution in [1.29, 1.82) is 0 Å². The van der Waals surface area contributed by atoms with Crippen LogP contribution in [0.3, 0.4) is 0 Å². The molecule has 0 aliphatic carbocycles. The van der Waals surface area contributed by atoms with E-state index in [2.05, 4.69) is 15.4 Å². The first-order chi connectivity index (χ1) is 19.4. The van der Waals surface area contributed by atoms with Crippen molar-refractivity contribution in [2.45, 2.75) is 37.8 Å². The number of imide groups is 3. The average Bonchev–Trinajstić information content (AvgIpc) is 3.33. The van der Waals surface area contributed by atoms with Gasteiger partial charge in [-0.3, -0.25) is 44.3 Å². The Hall–Kier alpha value is -4.89. The van der Waals surface area contributed by atoms with Crippen molar-refractivity contribution in [3.8, 4) is 0 Å². The Morgan fingerprint density at radius 2 is 1.19 bits per heavy atom. The molecule has 13 nitrogen and oxygen atoms in total. The van der Waals surface area contributed by atoms with E-state index in [1.165, 1.54) is 12.1 Å². The Bertz CT molecular complexity index is 1550. The second-order valence-corrected chi connectivity index (χ2v) is 9.06. The molecule has 4 N–H and O–H groups in total. The maximum atomic E-state index is 13.2. The molecule has 220 valence electrons. The summed E-state index contributed by atoms with van der Waals surface area (Å²) in [7, 11) is 0. The third-order valence-electron chi connectivity index (χ3n) is 6.29. The van der Waals surface area contributed by atoms with Gasteiger partial charge in [0.2, 0.25) is 23.6 Å². The van der Waals surface area contributed by atoms with Gasteiger partial charge in [0.25, 0.3) is 11.8 Å². The number of carbonyl (C=O) groups excluding carboxylic acids is 8. The number of ether oxygens (including phenoxy) is 1. The SMILES string of the molecule is NC1CCC(=O)NC1=O.O=C1CCC(N2C(=O)c3ccc(F)cc3C2=O)C(=O)N1.O=C1OC(=O)c2cc(F)ccc21.[Cl-]. The van der Waals surface area contributed by atoms with E-state index in [-0.39, 0.29) is 59.3 Å². The highest BCUT2D eigenvalue weighted by Crippen LogP contribution is 2.28. The zero-order chi connectivity index (χ0) is 30.0. The van der Waals surface area contributed by atoms with Crippen LogP contribution in [0.4, 0.5) is 8.78 Å². The lowest BCUT2D eigenvalue weighted by molar-refractivity contribution is -0.137. The number of cyclic esters (lactones) is 2. The van der Waals surface area contributed by atoms with Crippen molar-refractivity contribution in [2.75, 3.05) is 0 Å². The topological polar surface area (TPSA) is 199 Å². The molecule has 2 saturated heterocycles. The van der Waals surface area contributed by atoms with Crippen LogP contribution in [0.15, 0.2) is 36.4 Å². The van der Waals surface area contributed by atoms with Crippen LogP contribution >= 0.6 is 0 Å². The average molecular weight is 606 g/mol. The third-order valence-corrected chi connectivity index (χ3v) is 6.29. The number of nitrogens with one attached hydrogen (secondary N) is 2. The Kier molecular flexibility index (Phi) is 9.60. The molecule has 2 unspecified atom stereocenters. The highest BCUT2D eigenvalue weighted by molar-refractivity contribution is 6.23. The molecular weight excluding hydrogens is 586 g/mol. The lowest BCUT2D eigenvalue weighted by atomic mass is 10.0. The summed E-state index contributed by atoms with van der Waals surface area (Å²) in [5.41, 5.74) is 5.42. The summed E-state index contributed by atoms with van der Waals surface area (Å²) in [4.78, 5) is 90.6. The minimum atomic E-state index is -1.02. The van der Waals surface area contributed by atoms with Gasteiger partial charge in [0.15, 0.2) is 0 Å². The summed E-state index contributed by atoms with van der Waals surface area (Å²) in [5, 5.41) is 4.21. The molecule has 2 aromatic rings. The quantitative estimate of drug-likeness (QED) is 0.172. The number of hydrogen-bond donors (Lipinski definition) is 3. The van der Waals surface area contributed by atoms with E-state index in [4.69, 9.17) is 5.73 Å². The Morgan fingerprint density at radius 3 is 1.76 bits per heavy atom. The van der Waals surface area contributed by atoms with Gasteiger partial charge in [-0.1, -0.05) is 0 Å². The number of piperidine rings is 2. The standard InChI is InChI=1S/C13H9FN2O4.C8H3FO3.C5H8N2O2.ClH/c14-6-1-2-7-8(5-6)13(20)16(12(7)19)9-3-4-10(17)15-11(9)18;9-4-1-2-5-6(3-4)8(11)12-7(5)10;6-3-1-2-4(8)7-5(3)9;/h1-2,5,9H,3-4H2,(H,15,17,18);1-3H;3H,1-2,6H2,(H,7,8,9);1H/p-1. The van der Waals surface area contributed by atoms with E-state index < -0.39 is 59.3 Å². The second-order valence-electron chi connectivity index (χ2n) is 9.06. The molecule has 0 radical (unpaired) electrons.